The predicted octanol–water partition coefficient (Wildman–Crippen LogP) is 16.8. The topological polar surface area (TPSA) is 25.8 Å². The Hall–Kier alpha value is -7.72. The molecule has 0 amide bonds. The fraction of sp³-hybridized carbons (Fsp3) is 0.0492. The summed E-state index contributed by atoms with van der Waals surface area (Å²) in [7, 11) is 0. The standard InChI is InChI=1S/C61H42N2S/c1-61(2)54-26-13-11-24-50(54)51-30-28-43(37-55(51)61)41-20-15-21-44(32-41)56-38-57(63-60(62-56)40-18-7-4-8-19-40)47-34-45(42-29-31-59-53(36-42)52-25-12-14-27-58(52)64-59)33-46(35-47)49-23-10-9-22-48(49)39-16-5-3-6-17-39/h3-38H,1-2H3. The first kappa shape index (κ1) is 38.0. The molecular formula is C61H42N2S. The molecule has 0 N–H and O–H groups in total. The summed E-state index contributed by atoms with van der Waals surface area (Å²) in [5, 5.41) is 2.57. The molecule has 302 valence electrons. The molecule has 0 radical (unpaired) electrons. The summed E-state index contributed by atoms with van der Waals surface area (Å²) in [6.07, 6.45) is 0. The van der Waals surface area contributed by atoms with Gasteiger partial charge in [-0.2, -0.15) is 0 Å². The summed E-state index contributed by atoms with van der Waals surface area (Å²) in [6.45, 7) is 4.68. The highest BCUT2D eigenvalue weighted by Crippen LogP contribution is 2.50. The Morgan fingerprint density at radius 2 is 0.844 bits per heavy atom. The monoisotopic (exact) mass is 834 g/mol. The number of nitrogens with zero attached hydrogens (tertiary/aromatic N) is 2. The summed E-state index contributed by atoms with van der Waals surface area (Å²) < 4.78 is 2.59. The van der Waals surface area contributed by atoms with Gasteiger partial charge in [-0.3, -0.25) is 0 Å². The van der Waals surface area contributed by atoms with Crippen LogP contribution in [0.5, 0.6) is 0 Å². The van der Waals surface area contributed by atoms with Crippen LogP contribution < -0.4 is 0 Å². The minimum Gasteiger partial charge on any atom is -0.228 e. The molecule has 64 heavy (non-hydrogen) atoms. The molecule has 0 spiro atoms. The Labute approximate surface area is 377 Å². The zero-order valence-electron chi connectivity index (χ0n) is 35.6. The number of benzene rings is 9. The lowest BCUT2D eigenvalue weighted by molar-refractivity contribution is 0.660. The van der Waals surface area contributed by atoms with Crippen molar-refractivity contribution < 1.29 is 0 Å². The third-order valence-electron chi connectivity index (χ3n) is 13.1. The highest BCUT2D eigenvalue weighted by Gasteiger charge is 2.35. The van der Waals surface area contributed by atoms with E-state index in [-0.39, 0.29) is 5.41 Å². The van der Waals surface area contributed by atoms with Gasteiger partial charge in [-0.1, -0.05) is 178 Å². The number of hydrogen-bond donors (Lipinski definition) is 0. The second kappa shape index (κ2) is 15.3. The number of rotatable bonds is 7. The van der Waals surface area contributed by atoms with Gasteiger partial charge in [-0.15, -0.1) is 11.3 Å². The minimum atomic E-state index is -0.0794. The molecule has 11 aromatic rings. The SMILES string of the molecule is CC1(C)c2ccccc2-c2ccc(-c3cccc(-c4cc(-c5cc(-c6ccc7sc8ccccc8c7c6)cc(-c6ccccc6-c6ccccc6)c5)nc(-c5ccccc5)n4)c3)cc21. The van der Waals surface area contributed by atoms with E-state index < -0.39 is 0 Å². The van der Waals surface area contributed by atoms with E-state index in [1.54, 1.807) is 0 Å². The number of hydrogen-bond acceptors (Lipinski definition) is 3. The van der Waals surface area contributed by atoms with Crippen LogP contribution in [0.2, 0.25) is 0 Å². The van der Waals surface area contributed by atoms with Gasteiger partial charge in [0.2, 0.25) is 0 Å². The Kier molecular flexibility index (Phi) is 9.06. The second-order valence-electron chi connectivity index (χ2n) is 17.4. The van der Waals surface area contributed by atoms with Crippen molar-refractivity contribution in [3.8, 4) is 89.5 Å². The van der Waals surface area contributed by atoms with Gasteiger partial charge in [0.25, 0.3) is 0 Å². The smallest absolute Gasteiger partial charge is 0.160 e. The van der Waals surface area contributed by atoms with Crippen LogP contribution in [-0.4, -0.2) is 9.97 Å². The van der Waals surface area contributed by atoms with Crippen molar-refractivity contribution >= 4 is 31.5 Å². The van der Waals surface area contributed by atoms with Crippen molar-refractivity contribution in [2.24, 2.45) is 0 Å². The van der Waals surface area contributed by atoms with Crippen molar-refractivity contribution in [3.63, 3.8) is 0 Å². The molecule has 1 aliphatic rings. The summed E-state index contributed by atoms with van der Waals surface area (Å²) in [5.41, 5.74) is 19.5. The van der Waals surface area contributed by atoms with Crippen LogP contribution in [0.1, 0.15) is 25.0 Å². The number of thiophene rings is 1. The van der Waals surface area contributed by atoms with Gasteiger partial charge < -0.3 is 0 Å². The lowest BCUT2D eigenvalue weighted by Gasteiger charge is -2.22. The van der Waals surface area contributed by atoms with E-state index in [0.29, 0.717) is 5.82 Å². The van der Waals surface area contributed by atoms with Crippen LogP contribution in [0.3, 0.4) is 0 Å². The zero-order chi connectivity index (χ0) is 42.8. The first-order chi connectivity index (χ1) is 31.4. The van der Waals surface area contributed by atoms with Gasteiger partial charge in [0.05, 0.1) is 11.4 Å². The molecule has 0 bridgehead atoms. The van der Waals surface area contributed by atoms with Crippen LogP contribution in [0.25, 0.3) is 110 Å². The summed E-state index contributed by atoms with van der Waals surface area (Å²) in [4.78, 5) is 10.7. The molecule has 1 aliphatic carbocycles. The van der Waals surface area contributed by atoms with Crippen molar-refractivity contribution in [2.45, 2.75) is 19.3 Å². The molecule has 12 rings (SSSR count). The molecule has 9 aromatic carbocycles. The number of fused-ring (bicyclic) bond motifs is 6. The van der Waals surface area contributed by atoms with Gasteiger partial charge in [0.1, 0.15) is 0 Å². The first-order valence-corrected chi connectivity index (χ1v) is 22.8. The Morgan fingerprint density at radius 3 is 1.66 bits per heavy atom. The molecule has 3 heteroatoms. The third-order valence-corrected chi connectivity index (χ3v) is 14.2. The molecule has 2 heterocycles. The lowest BCUT2D eigenvalue weighted by Crippen LogP contribution is -2.14. The molecule has 2 nitrogen and oxygen atoms in total. The van der Waals surface area contributed by atoms with Crippen molar-refractivity contribution in [3.05, 3.63) is 230 Å². The van der Waals surface area contributed by atoms with E-state index in [2.05, 4.69) is 226 Å². The van der Waals surface area contributed by atoms with E-state index in [1.165, 1.54) is 70.2 Å². The van der Waals surface area contributed by atoms with Gasteiger partial charge in [0.15, 0.2) is 5.82 Å². The molecule has 2 aromatic heterocycles. The molecule has 0 aliphatic heterocycles. The van der Waals surface area contributed by atoms with Crippen LogP contribution in [-0.2, 0) is 5.41 Å². The maximum atomic E-state index is 5.38. The van der Waals surface area contributed by atoms with Crippen molar-refractivity contribution in [1.29, 1.82) is 0 Å². The van der Waals surface area contributed by atoms with Crippen LogP contribution in [0.15, 0.2) is 218 Å². The fourth-order valence-electron chi connectivity index (χ4n) is 9.81. The Bertz CT molecular complexity index is 3580. The van der Waals surface area contributed by atoms with Gasteiger partial charge in [0, 0.05) is 42.3 Å². The molecule has 0 saturated heterocycles. The van der Waals surface area contributed by atoms with E-state index in [1.807, 2.05) is 17.4 Å². The van der Waals surface area contributed by atoms with Crippen LogP contribution >= 0.6 is 11.3 Å². The van der Waals surface area contributed by atoms with E-state index in [4.69, 9.17) is 9.97 Å². The second-order valence-corrected chi connectivity index (χ2v) is 18.4. The quantitative estimate of drug-likeness (QED) is 0.160. The average molecular weight is 835 g/mol. The van der Waals surface area contributed by atoms with Gasteiger partial charge in [-0.05, 0) is 121 Å². The van der Waals surface area contributed by atoms with E-state index in [0.717, 1.165) is 44.8 Å². The predicted molar refractivity (Wildman–Crippen MR) is 271 cm³/mol. The fourth-order valence-corrected chi connectivity index (χ4v) is 10.9. The van der Waals surface area contributed by atoms with Crippen LogP contribution in [0.4, 0.5) is 0 Å². The maximum Gasteiger partial charge on any atom is 0.160 e. The molecule has 0 saturated carbocycles. The largest absolute Gasteiger partial charge is 0.228 e. The average Bonchev–Trinajstić information content (AvgIpc) is 3.85. The van der Waals surface area contributed by atoms with Crippen molar-refractivity contribution in [2.75, 3.05) is 0 Å². The third kappa shape index (κ3) is 6.56. The maximum absolute atomic E-state index is 5.38. The highest BCUT2D eigenvalue weighted by molar-refractivity contribution is 7.25. The lowest BCUT2D eigenvalue weighted by atomic mass is 9.81. The summed E-state index contributed by atoms with van der Waals surface area (Å²) >= 11 is 1.85. The molecule has 0 atom stereocenters. The van der Waals surface area contributed by atoms with E-state index in [9.17, 15) is 0 Å². The van der Waals surface area contributed by atoms with Gasteiger partial charge in [-0.25, -0.2) is 9.97 Å². The molecular weight excluding hydrogens is 793 g/mol. The van der Waals surface area contributed by atoms with Gasteiger partial charge >= 0.3 is 0 Å². The van der Waals surface area contributed by atoms with Crippen molar-refractivity contribution in [1.82, 2.24) is 9.97 Å². The zero-order valence-corrected chi connectivity index (χ0v) is 36.4. The minimum absolute atomic E-state index is 0.0794. The Morgan fingerprint density at radius 1 is 0.312 bits per heavy atom. The molecule has 0 fully saturated rings. The first-order valence-electron chi connectivity index (χ1n) is 22.0. The Balaban J connectivity index is 1.04. The summed E-state index contributed by atoms with van der Waals surface area (Å²) in [5.74, 6) is 0.693. The summed E-state index contributed by atoms with van der Waals surface area (Å²) in [6, 6.07) is 79.2. The number of aromatic nitrogens is 2. The normalized spacial score (nSPS) is 12.7. The van der Waals surface area contributed by atoms with E-state index >= 15 is 0 Å². The molecule has 0 unspecified atom stereocenters. The highest BCUT2D eigenvalue weighted by atomic mass is 32.1. The van der Waals surface area contributed by atoms with Crippen LogP contribution in [0, 0.1) is 0 Å².